The molecule has 1 saturated heterocycles. The van der Waals surface area contributed by atoms with Gasteiger partial charge in [-0.3, -0.25) is 9.69 Å². The Morgan fingerprint density at radius 2 is 2.24 bits per heavy atom. The zero-order valence-electron chi connectivity index (χ0n) is 11.0. The predicted molar refractivity (Wildman–Crippen MR) is 67.2 cm³/mol. The summed E-state index contributed by atoms with van der Waals surface area (Å²) in [5.41, 5.74) is 0. The monoisotopic (exact) mass is 243 g/mol. The summed E-state index contributed by atoms with van der Waals surface area (Å²) in [6.45, 7) is 7.13. The van der Waals surface area contributed by atoms with Gasteiger partial charge in [-0.1, -0.05) is 0 Å². The molecule has 17 heavy (non-hydrogen) atoms. The van der Waals surface area contributed by atoms with Crippen LogP contribution in [0.25, 0.3) is 0 Å². The summed E-state index contributed by atoms with van der Waals surface area (Å²) in [5, 5.41) is 8.49. The van der Waals surface area contributed by atoms with E-state index in [4.69, 9.17) is 9.84 Å². The van der Waals surface area contributed by atoms with Gasteiger partial charge in [-0.2, -0.15) is 0 Å². The van der Waals surface area contributed by atoms with Crippen molar-refractivity contribution < 1.29 is 14.6 Å². The zero-order valence-corrected chi connectivity index (χ0v) is 11.0. The quantitative estimate of drug-likeness (QED) is 0.663. The van der Waals surface area contributed by atoms with Crippen LogP contribution < -0.4 is 0 Å². The Balaban J connectivity index is 2.04. The molecule has 0 saturated carbocycles. The summed E-state index contributed by atoms with van der Waals surface area (Å²) in [6, 6.07) is 1.16. The third kappa shape index (κ3) is 5.50. The molecule has 0 aliphatic carbocycles. The number of carboxylic acid groups (broad SMARTS) is 1. The maximum absolute atomic E-state index is 10.3. The van der Waals surface area contributed by atoms with Crippen LogP contribution in [-0.2, 0) is 9.53 Å². The fraction of sp³-hybridized carbons (Fsp3) is 0.923. The fourth-order valence-electron chi connectivity index (χ4n) is 2.42. The van der Waals surface area contributed by atoms with E-state index in [2.05, 4.69) is 18.7 Å². The molecule has 0 radical (unpaired) electrons. The van der Waals surface area contributed by atoms with Crippen LogP contribution in [0.5, 0.6) is 0 Å². The van der Waals surface area contributed by atoms with Crippen LogP contribution in [0.3, 0.4) is 0 Å². The van der Waals surface area contributed by atoms with Crippen molar-refractivity contribution in [2.24, 2.45) is 0 Å². The molecule has 4 nitrogen and oxygen atoms in total. The van der Waals surface area contributed by atoms with Crippen LogP contribution in [0.2, 0.25) is 0 Å². The third-order valence-corrected chi connectivity index (χ3v) is 3.33. The second-order valence-electron chi connectivity index (χ2n) is 5.05. The van der Waals surface area contributed by atoms with E-state index in [1.807, 2.05) is 0 Å². The van der Waals surface area contributed by atoms with Gasteiger partial charge >= 0.3 is 5.97 Å². The van der Waals surface area contributed by atoms with E-state index in [0.29, 0.717) is 25.1 Å². The smallest absolute Gasteiger partial charge is 0.303 e. The van der Waals surface area contributed by atoms with Crippen molar-refractivity contribution in [2.45, 2.75) is 58.0 Å². The van der Waals surface area contributed by atoms with E-state index in [-0.39, 0.29) is 6.42 Å². The van der Waals surface area contributed by atoms with Crippen molar-refractivity contribution in [2.75, 3.05) is 19.8 Å². The molecule has 1 heterocycles. The first-order valence-corrected chi connectivity index (χ1v) is 6.66. The number of rotatable bonds is 8. The van der Waals surface area contributed by atoms with Crippen molar-refractivity contribution in [1.29, 1.82) is 0 Å². The van der Waals surface area contributed by atoms with Crippen molar-refractivity contribution in [3.8, 4) is 0 Å². The summed E-state index contributed by atoms with van der Waals surface area (Å²) < 4.78 is 5.65. The Bertz CT molecular complexity index is 231. The van der Waals surface area contributed by atoms with Crippen LogP contribution in [0.4, 0.5) is 0 Å². The molecule has 0 aromatic heterocycles. The maximum atomic E-state index is 10.3. The van der Waals surface area contributed by atoms with Crippen LogP contribution in [-0.4, -0.2) is 47.8 Å². The maximum Gasteiger partial charge on any atom is 0.303 e. The van der Waals surface area contributed by atoms with Crippen molar-refractivity contribution in [3.63, 3.8) is 0 Å². The number of carboxylic acids is 1. The molecular weight excluding hydrogens is 218 g/mol. The average Bonchev–Trinajstić information content (AvgIpc) is 2.71. The number of aliphatic carboxylic acids is 1. The van der Waals surface area contributed by atoms with E-state index in [0.717, 1.165) is 13.0 Å². The Kier molecular flexibility index (Phi) is 6.52. The van der Waals surface area contributed by atoms with Gasteiger partial charge in [0.2, 0.25) is 0 Å². The SMILES string of the molecule is CC(C)N1CCC[C@H]1COCCCCC(=O)O. The highest BCUT2D eigenvalue weighted by molar-refractivity contribution is 5.66. The average molecular weight is 243 g/mol. The molecule has 1 aliphatic heterocycles. The molecule has 0 spiro atoms. The molecule has 0 amide bonds. The van der Waals surface area contributed by atoms with Crippen molar-refractivity contribution in [3.05, 3.63) is 0 Å². The van der Waals surface area contributed by atoms with E-state index in [9.17, 15) is 4.79 Å². The largest absolute Gasteiger partial charge is 0.481 e. The summed E-state index contributed by atoms with van der Waals surface area (Å²) in [6.07, 6.45) is 4.32. The second-order valence-corrected chi connectivity index (χ2v) is 5.05. The van der Waals surface area contributed by atoms with Crippen molar-refractivity contribution in [1.82, 2.24) is 4.90 Å². The van der Waals surface area contributed by atoms with Crippen LogP contribution in [0.15, 0.2) is 0 Å². The van der Waals surface area contributed by atoms with E-state index < -0.39 is 5.97 Å². The van der Waals surface area contributed by atoms with Gasteiger partial charge in [0.1, 0.15) is 0 Å². The van der Waals surface area contributed by atoms with Crippen molar-refractivity contribution >= 4 is 5.97 Å². The van der Waals surface area contributed by atoms with Gasteiger partial charge in [-0.15, -0.1) is 0 Å². The highest BCUT2D eigenvalue weighted by Gasteiger charge is 2.26. The summed E-state index contributed by atoms with van der Waals surface area (Å²) in [5.74, 6) is -0.716. The molecule has 1 atom stereocenters. The highest BCUT2D eigenvalue weighted by Crippen LogP contribution is 2.20. The minimum absolute atomic E-state index is 0.255. The molecule has 0 unspecified atom stereocenters. The molecule has 100 valence electrons. The molecular formula is C13H25NO3. The number of nitrogens with zero attached hydrogens (tertiary/aromatic N) is 1. The second kappa shape index (κ2) is 7.67. The summed E-state index contributed by atoms with van der Waals surface area (Å²) in [7, 11) is 0. The first-order chi connectivity index (χ1) is 8.11. The Morgan fingerprint density at radius 1 is 1.47 bits per heavy atom. The normalized spacial score (nSPS) is 21.2. The number of carbonyl (C=O) groups is 1. The summed E-state index contributed by atoms with van der Waals surface area (Å²) >= 11 is 0. The topological polar surface area (TPSA) is 49.8 Å². The minimum Gasteiger partial charge on any atom is -0.481 e. The van der Waals surface area contributed by atoms with E-state index in [1.54, 1.807) is 0 Å². The number of unbranched alkanes of at least 4 members (excludes halogenated alkanes) is 1. The molecule has 0 aromatic rings. The molecule has 4 heteroatoms. The van der Waals surface area contributed by atoms with Crippen LogP contribution in [0, 0.1) is 0 Å². The molecule has 1 aliphatic rings. The lowest BCUT2D eigenvalue weighted by Crippen LogP contribution is -2.38. The van der Waals surface area contributed by atoms with Gasteiger partial charge in [0.25, 0.3) is 0 Å². The van der Waals surface area contributed by atoms with Gasteiger partial charge in [0.15, 0.2) is 0 Å². The number of hydrogen-bond acceptors (Lipinski definition) is 3. The molecule has 1 rings (SSSR count). The van der Waals surface area contributed by atoms with Gasteiger partial charge in [0, 0.05) is 25.1 Å². The van der Waals surface area contributed by atoms with E-state index in [1.165, 1.54) is 19.4 Å². The first-order valence-electron chi connectivity index (χ1n) is 6.66. The minimum atomic E-state index is -0.716. The number of likely N-dealkylation sites (tertiary alicyclic amines) is 1. The Morgan fingerprint density at radius 3 is 2.88 bits per heavy atom. The van der Waals surface area contributed by atoms with Gasteiger partial charge in [-0.25, -0.2) is 0 Å². The molecule has 0 aromatic carbocycles. The lowest BCUT2D eigenvalue weighted by molar-refractivity contribution is -0.137. The number of ether oxygens (including phenoxy) is 1. The molecule has 0 bridgehead atoms. The zero-order chi connectivity index (χ0) is 12.7. The standard InChI is InChI=1S/C13H25NO3/c1-11(2)14-8-5-6-12(14)10-17-9-4-3-7-13(15)16/h11-12H,3-10H2,1-2H3,(H,15,16)/t12-/m0/s1. The summed E-state index contributed by atoms with van der Waals surface area (Å²) in [4.78, 5) is 12.8. The lowest BCUT2D eigenvalue weighted by Gasteiger charge is -2.28. The van der Waals surface area contributed by atoms with Crippen LogP contribution >= 0.6 is 0 Å². The molecule has 1 fully saturated rings. The van der Waals surface area contributed by atoms with Gasteiger partial charge < -0.3 is 9.84 Å². The fourth-order valence-corrected chi connectivity index (χ4v) is 2.42. The lowest BCUT2D eigenvalue weighted by atomic mass is 10.2. The highest BCUT2D eigenvalue weighted by atomic mass is 16.5. The molecule has 1 N–H and O–H groups in total. The van der Waals surface area contributed by atoms with E-state index >= 15 is 0 Å². The predicted octanol–water partition coefficient (Wildman–Crippen LogP) is 2.13. The van der Waals surface area contributed by atoms with Gasteiger partial charge in [0.05, 0.1) is 6.61 Å². The third-order valence-electron chi connectivity index (χ3n) is 3.33. The first kappa shape index (κ1) is 14.5. The Labute approximate surface area is 104 Å². The number of hydrogen-bond donors (Lipinski definition) is 1. The Hall–Kier alpha value is -0.610. The van der Waals surface area contributed by atoms with Crippen LogP contribution in [0.1, 0.15) is 46.0 Å². The van der Waals surface area contributed by atoms with Gasteiger partial charge in [-0.05, 0) is 46.1 Å².